The van der Waals surface area contributed by atoms with Gasteiger partial charge in [-0.2, -0.15) is 0 Å². The number of sulfone groups is 1. The van der Waals surface area contributed by atoms with Crippen LogP contribution in [0.1, 0.15) is 22.3 Å². The van der Waals surface area contributed by atoms with Crippen LogP contribution in [0.5, 0.6) is 0 Å². The topological polar surface area (TPSA) is 74.8 Å². The first-order valence-corrected chi connectivity index (χ1v) is 12.5. The quantitative estimate of drug-likeness (QED) is 0.565. The summed E-state index contributed by atoms with van der Waals surface area (Å²) >= 11 is 6.00. The minimum absolute atomic E-state index is 0.152. The lowest BCUT2D eigenvalue weighted by Crippen LogP contribution is -2.54. The molecule has 1 atom stereocenters. The molecule has 0 aliphatic carbocycles. The van der Waals surface area contributed by atoms with Crippen molar-refractivity contribution >= 4 is 44.6 Å². The fraction of sp³-hybridized carbons (Fsp3) is 0.200. The Morgan fingerprint density at radius 3 is 2.33 bits per heavy atom. The second-order valence-electron chi connectivity index (χ2n) is 8.44. The van der Waals surface area contributed by atoms with Crippen molar-refractivity contribution in [1.82, 2.24) is 0 Å². The van der Waals surface area contributed by atoms with E-state index < -0.39 is 32.3 Å². The molecule has 33 heavy (non-hydrogen) atoms. The molecule has 0 N–H and O–H groups in total. The van der Waals surface area contributed by atoms with Crippen molar-refractivity contribution in [2.45, 2.75) is 25.3 Å². The molecule has 168 valence electrons. The van der Waals surface area contributed by atoms with Crippen molar-refractivity contribution in [3.05, 3.63) is 94.0 Å². The monoisotopic (exact) mass is 480 g/mol. The Kier molecular flexibility index (Phi) is 4.88. The van der Waals surface area contributed by atoms with Crippen LogP contribution in [0.3, 0.4) is 0 Å². The first kappa shape index (κ1) is 21.7. The third-order valence-corrected chi connectivity index (χ3v) is 8.78. The van der Waals surface area contributed by atoms with E-state index in [1.54, 1.807) is 60.7 Å². The van der Waals surface area contributed by atoms with Crippen molar-refractivity contribution in [1.29, 1.82) is 0 Å². The predicted octanol–water partition coefficient (Wildman–Crippen LogP) is 4.12. The summed E-state index contributed by atoms with van der Waals surface area (Å²) in [6.45, 7) is 3.97. The lowest BCUT2D eigenvalue weighted by molar-refractivity contribution is -0.123. The van der Waals surface area contributed by atoms with E-state index in [-0.39, 0.29) is 6.54 Å². The summed E-state index contributed by atoms with van der Waals surface area (Å²) in [7, 11) is -4.19. The van der Waals surface area contributed by atoms with Crippen LogP contribution in [0.4, 0.5) is 11.4 Å². The smallest absolute Gasteiger partial charge is 0.274 e. The van der Waals surface area contributed by atoms with E-state index >= 15 is 0 Å². The molecule has 3 aromatic rings. The zero-order valence-corrected chi connectivity index (χ0v) is 19.7. The summed E-state index contributed by atoms with van der Waals surface area (Å²) < 4.78 is 27.2. The fourth-order valence-corrected chi connectivity index (χ4v) is 6.84. The van der Waals surface area contributed by atoms with E-state index in [2.05, 4.69) is 0 Å². The summed E-state index contributed by atoms with van der Waals surface area (Å²) in [6.07, 6.45) is 0. The lowest BCUT2D eigenvalue weighted by atomic mass is 10.0. The van der Waals surface area contributed by atoms with Crippen LogP contribution >= 0.6 is 11.6 Å². The van der Waals surface area contributed by atoms with Crippen LogP contribution in [-0.4, -0.2) is 26.0 Å². The molecule has 1 fully saturated rings. The zero-order valence-electron chi connectivity index (χ0n) is 18.1. The number of halogens is 1. The van der Waals surface area contributed by atoms with Gasteiger partial charge in [-0.1, -0.05) is 48.0 Å². The van der Waals surface area contributed by atoms with Gasteiger partial charge in [0.05, 0.1) is 12.2 Å². The van der Waals surface area contributed by atoms with Crippen LogP contribution in [0.2, 0.25) is 5.02 Å². The van der Waals surface area contributed by atoms with Gasteiger partial charge in [0.25, 0.3) is 10.8 Å². The molecule has 6 nitrogen and oxygen atoms in total. The van der Waals surface area contributed by atoms with Gasteiger partial charge in [-0.05, 0) is 60.9 Å². The maximum Gasteiger partial charge on any atom is 0.274 e. The molecule has 5 rings (SSSR count). The van der Waals surface area contributed by atoms with Crippen LogP contribution in [-0.2, 0) is 30.8 Å². The van der Waals surface area contributed by atoms with Crippen LogP contribution < -0.4 is 9.80 Å². The maximum atomic E-state index is 14.1. The number of hydrogen-bond acceptors (Lipinski definition) is 4. The van der Waals surface area contributed by atoms with Gasteiger partial charge in [0.1, 0.15) is 5.75 Å². The Labute approximate surface area is 197 Å². The first-order chi connectivity index (χ1) is 15.7. The maximum absolute atomic E-state index is 14.1. The average Bonchev–Trinajstić information content (AvgIpc) is 3.14. The largest absolute Gasteiger partial charge is 0.304 e. The van der Waals surface area contributed by atoms with Crippen molar-refractivity contribution in [3.63, 3.8) is 0 Å². The van der Waals surface area contributed by atoms with Crippen molar-refractivity contribution < 1.29 is 18.0 Å². The molecule has 2 aliphatic rings. The number of nitrogens with zero attached hydrogens (tertiary/aromatic N) is 2. The molecule has 2 heterocycles. The molecule has 8 heteroatoms. The van der Waals surface area contributed by atoms with Gasteiger partial charge in [0.15, 0.2) is 9.84 Å². The summed E-state index contributed by atoms with van der Waals surface area (Å²) in [5, 5.41) is 0.563. The van der Waals surface area contributed by atoms with Gasteiger partial charge in [-0.3, -0.25) is 14.5 Å². The SMILES string of the molecule is Cc1ccc(N2C(=O)CS(=O)(=O)[C@]23C(=O)N(Cc2ccc(Cl)cc2)c2ccccc23)cc1C. The average molecular weight is 481 g/mol. The molecule has 2 aliphatic heterocycles. The highest BCUT2D eigenvalue weighted by molar-refractivity contribution is 7.94. The van der Waals surface area contributed by atoms with E-state index in [9.17, 15) is 18.0 Å². The normalized spacial score (nSPS) is 21.2. The van der Waals surface area contributed by atoms with Gasteiger partial charge in [0.2, 0.25) is 5.91 Å². The van der Waals surface area contributed by atoms with E-state index in [0.29, 0.717) is 22.0 Å². The van der Waals surface area contributed by atoms with Crippen molar-refractivity contribution in [2.24, 2.45) is 0 Å². The Morgan fingerprint density at radius 2 is 1.64 bits per heavy atom. The van der Waals surface area contributed by atoms with E-state index in [4.69, 9.17) is 11.6 Å². The number of benzene rings is 3. The zero-order chi connectivity index (χ0) is 23.5. The van der Waals surface area contributed by atoms with Gasteiger partial charge in [0, 0.05) is 16.3 Å². The highest BCUT2D eigenvalue weighted by atomic mass is 35.5. The second-order valence-corrected chi connectivity index (χ2v) is 11.0. The van der Waals surface area contributed by atoms with Crippen LogP contribution in [0, 0.1) is 13.8 Å². The van der Waals surface area contributed by atoms with Gasteiger partial charge in [-0.25, -0.2) is 8.42 Å². The molecule has 0 bridgehead atoms. The van der Waals surface area contributed by atoms with E-state index in [1.807, 2.05) is 19.9 Å². The molecular weight excluding hydrogens is 460 g/mol. The molecule has 1 spiro atoms. The van der Waals surface area contributed by atoms with Gasteiger partial charge < -0.3 is 4.90 Å². The lowest BCUT2D eigenvalue weighted by Gasteiger charge is -2.33. The van der Waals surface area contributed by atoms with Crippen molar-refractivity contribution in [2.75, 3.05) is 15.6 Å². The summed E-state index contributed by atoms with van der Waals surface area (Å²) in [6, 6.07) is 19.1. The van der Waals surface area contributed by atoms with Crippen LogP contribution in [0.15, 0.2) is 66.7 Å². The predicted molar refractivity (Wildman–Crippen MR) is 128 cm³/mol. The number of fused-ring (bicyclic) bond motifs is 2. The molecule has 0 saturated carbocycles. The first-order valence-electron chi connectivity index (χ1n) is 10.5. The van der Waals surface area contributed by atoms with Gasteiger partial charge in [-0.15, -0.1) is 0 Å². The molecular formula is C25H21ClN2O4S. The summed E-state index contributed by atoms with van der Waals surface area (Å²) in [5.74, 6) is -1.99. The number of rotatable bonds is 3. The summed E-state index contributed by atoms with van der Waals surface area (Å²) in [5.41, 5.74) is 3.86. The Morgan fingerprint density at radius 1 is 0.939 bits per heavy atom. The fourth-order valence-electron chi connectivity index (χ4n) is 4.69. The second kappa shape index (κ2) is 7.43. The minimum Gasteiger partial charge on any atom is -0.304 e. The number of anilines is 2. The van der Waals surface area contributed by atoms with Crippen LogP contribution in [0.25, 0.3) is 0 Å². The highest BCUT2D eigenvalue weighted by Gasteiger charge is 2.69. The third-order valence-electron chi connectivity index (χ3n) is 6.43. The Hall–Kier alpha value is -3.16. The number of para-hydroxylation sites is 1. The van der Waals surface area contributed by atoms with Crippen molar-refractivity contribution in [3.8, 4) is 0 Å². The Balaban J connectivity index is 1.73. The molecule has 0 unspecified atom stereocenters. The number of amides is 2. The minimum atomic E-state index is -4.19. The molecule has 2 amide bonds. The van der Waals surface area contributed by atoms with E-state index in [1.165, 1.54) is 9.80 Å². The molecule has 0 radical (unpaired) electrons. The molecule has 0 aromatic heterocycles. The number of hydrogen-bond donors (Lipinski definition) is 0. The third kappa shape index (κ3) is 3.03. The number of carbonyl (C=O) groups is 2. The highest BCUT2D eigenvalue weighted by Crippen LogP contribution is 2.52. The van der Waals surface area contributed by atoms with E-state index in [0.717, 1.165) is 16.7 Å². The number of aryl methyl sites for hydroxylation is 2. The summed E-state index contributed by atoms with van der Waals surface area (Å²) in [4.78, 5) is 27.7. The number of carbonyl (C=O) groups excluding carboxylic acids is 2. The molecule has 3 aromatic carbocycles. The molecule has 1 saturated heterocycles. The van der Waals surface area contributed by atoms with Gasteiger partial charge >= 0.3 is 0 Å². The standard InChI is InChI=1S/C25H21ClN2O4S/c1-16-7-12-20(13-17(16)2)28-23(29)15-33(31,32)25(28)21-5-3-4-6-22(21)27(24(25)30)14-18-8-10-19(26)11-9-18/h3-13H,14-15H2,1-2H3/t25-/m1/s1. The Bertz CT molecular complexity index is 1420.